The molecule has 4 amide bonds. The van der Waals surface area contributed by atoms with Gasteiger partial charge in [-0.15, -0.1) is 0 Å². The van der Waals surface area contributed by atoms with Crippen LogP contribution in [0.25, 0.3) is 0 Å². The Labute approximate surface area is 202 Å². The first-order chi connectivity index (χ1) is 17.0. The van der Waals surface area contributed by atoms with E-state index >= 15 is 0 Å². The van der Waals surface area contributed by atoms with Crippen molar-refractivity contribution in [2.24, 2.45) is 0 Å². The lowest BCUT2D eigenvalue weighted by Gasteiger charge is -2.35. The molecule has 35 heavy (non-hydrogen) atoms. The molecule has 3 aliphatic rings. The van der Waals surface area contributed by atoms with E-state index in [-0.39, 0.29) is 36.7 Å². The summed E-state index contributed by atoms with van der Waals surface area (Å²) in [6.07, 6.45) is 5.23. The summed E-state index contributed by atoms with van der Waals surface area (Å²) < 4.78 is 11.5. The molecule has 1 aromatic carbocycles. The van der Waals surface area contributed by atoms with Crippen LogP contribution >= 0.6 is 0 Å². The molecule has 5 rings (SSSR count). The van der Waals surface area contributed by atoms with E-state index < -0.39 is 11.9 Å². The van der Waals surface area contributed by atoms with Crippen molar-refractivity contribution in [2.75, 3.05) is 13.2 Å². The molecular formula is C25H28N4O6. The van der Waals surface area contributed by atoms with E-state index in [2.05, 4.69) is 10.3 Å². The molecule has 2 fully saturated rings. The van der Waals surface area contributed by atoms with Gasteiger partial charge in [0, 0.05) is 25.1 Å². The Morgan fingerprint density at radius 1 is 1.23 bits per heavy atom. The molecule has 10 nitrogen and oxygen atoms in total. The molecule has 0 bridgehead atoms. The number of benzene rings is 1. The average molecular weight is 481 g/mol. The zero-order valence-corrected chi connectivity index (χ0v) is 19.6. The van der Waals surface area contributed by atoms with Gasteiger partial charge in [0.2, 0.25) is 17.6 Å². The second kappa shape index (κ2) is 9.52. The Morgan fingerprint density at radius 2 is 2.09 bits per heavy atom. The van der Waals surface area contributed by atoms with E-state index in [4.69, 9.17) is 9.15 Å². The largest absolute Gasteiger partial charge is 0.491 e. The first-order valence-corrected chi connectivity index (χ1v) is 12.1. The number of hydrogen-bond acceptors (Lipinski definition) is 7. The summed E-state index contributed by atoms with van der Waals surface area (Å²) >= 11 is 0. The predicted molar refractivity (Wildman–Crippen MR) is 123 cm³/mol. The quantitative estimate of drug-likeness (QED) is 0.628. The fourth-order valence-corrected chi connectivity index (χ4v) is 5.10. The Morgan fingerprint density at radius 3 is 2.89 bits per heavy atom. The van der Waals surface area contributed by atoms with Crippen LogP contribution in [-0.2, 0) is 22.6 Å². The van der Waals surface area contributed by atoms with Crippen LogP contribution in [0.15, 0.2) is 29.0 Å². The number of amides is 4. The molecule has 0 radical (unpaired) electrons. The number of aryl methyl sites for hydroxylation is 1. The van der Waals surface area contributed by atoms with Crippen molar-refractivity contribution in [3.05, 3.63) is 47.2 Å². The number of nitrogens with one attached hydrogen (secondary N) is 1. The van der Waals surface area contributed by atoms with Gasteiger partial charge < -0.3 is 19.0 Å². The van der Waals surface area contributed by atoms with E-state index in [1.54, 1.807) is 12.1 Å². The van der Waals surface area contributed by atoms with Crippen molar-refractivity contribution < 1.29 is 28.3 Å². The minimum absolute atomic E-state index is 0.0964. The van der Waals surface area contributed by atoms with Gasteiger partial charge in [-0.25, -0.2) is 4.98 Å². The molecule has 1 aromatic heterocycles. The van der Waals surface area contributed by atoms with Crippen molar-refractivity contribution in [3.63, 3.8) is 0 Å². The van der Waals surface area contributed by atoms with Crippen molar-refractivity contribution in [1.29, 1.82) is 0 Å². The van der Waals surface area contributed by atoms with E-state index in [0.717, 1.165) is 24.8 Å². The molecule has 0 saturated carbocycles. The summed E-state index contributed by atoms with van der Waals surface area (Å²) in [7, 11) is 0. The minimum atomic E-state index is -0.650. The lowest BCUT2D eigenvalue weighted by atomic mass is 10.0. The fraction of sp³-hybridized carbons (Fsp3) is 0.480. The number of piperidine rings is 2. The van der Waals surface area contributed by atoms with Crippen molar-refractivity contribution in [3.8, 4) is 5.75 Å². The van der Waals surface area contributed by atoms with E-state index in [1.165, 1.54) is 11.3 Å². The number of hydrogen-bond donors (Lipinski definition) is 1. The second-order valence-corrected chi connectivity index (χ2v) is 9.16. The number of likely N-dealkylation sites (tertiary alicyclic amines) is 1. The molecule has 0 aliphatic carbocycles. The van der Waals surface area contributed by atoms with Crippen LogP contribution in [0.3, 0.4) is 0 Å². The monoisotopic (exact) mass is 480 g/mol. The summed E-state index contributed by atoms with van der Waals surface area (Å²) in [5, 5.41) is 2.31. The maximum atomic E-state index is 13.1. The third-order valence-electron chi connectivity index (χ3n) is 7.00. The molecule has 2 atom stereocenters. The number of carbonyl (C=O) groups is 4. The van der Waals surface area contributed by atoms with Crippen LogP contribution in [0.1, 0.15) is 71.2 Å². The number of ether oxygens (including phenoxy) is 1. The minimum Gasteiger partial charge on any atom is -0.491 e. The second-order valence-electron chi connectivity index (χ2n) is 9.16. The molecule has 1 unspecified atom stereocenters. The normalized spacial score (nSPS) is 22.3. The van der Waals surface area contributed by atoms with Crippen LogP contribution in [0.4, 0.5) is 0 Å². The number of fused-ring (bicyclic) bond motifs is 1. The number of aromatic nitrogens is 1. The summed E-state index contributed by atoms with van der Waals surface area (Å²) in [4.78, 5) is 57.2. The molecule has 2 aromatic rings. The summed E-state index contributed by atoms with van der Waals surface area (Å²) in [6.45, 7) is 3.18. The summed E-state index contributed by atoms with van der Waals surface area (Å²) in [6, 6.07) is 4.53. The number of imide groups is 1. The van der Waals surface area contributed by atoms with Crippen molar-refractivity contribution >= 4 is 23.6 Å². The maximum absolute atomic E-state index is 13.1. The van der Waals surface area contributed by atoms with Gasteiger partial charge in [0.05, 0.1) is 11.7 Å². The van der Waals surface area contributed by atoms with E-state index in [0.29, 0.717) is 48.8 Å². The van der Waals surface area contributed by atoms with Gasteiger partial charge in [0.1, 0.15) is 18.4 Å². The third-order valence-corrected chi connectivity index (χ3v) is 7.00. The Hall–Kier alpha value is -3.69. The Bertz CT molecular complexity index is 1170. The maximum Gasteiger partial charge on any atom is 0.291 e. The standard InChI is InChI=1S/C25H28N4O6/c1-2-19-22(35-14-26-19)25(33)28-10-4-3-5-16(28)13-34-17-6-7-18-15(11-17)12-29(24(18)32)20-8-9-21(30)27-23(20)31/h6-7,11,14,16,20H,2-5,8-10,12-13H2,1H3,(H,27,30,31)/t16-,20?/m1/s1. The first kappa shape index (κ1) is 23.1. The van der Waals surface area contributed by atoms with Crippen LogP contribution in [-0.4, -0.2) is 63.6 Å². The number of rotatable bonds is 6. The van der Waals surface area contributed by atoms with Gasteiger partial charge in [0.15, 0.2) is 6.39 Å². The summed E-state index contributed by atoms with van der Waals surface area (Å²) in [5.41, 5.74) is 1.97. The molecule has 0 spiro atoms. The van der Waals surface area contributed by atoms with Crippen LogP contribution in [0.5, 0.6) is 5.75 Å². The number of oxazole rings is 1. The van der Waals surface area contributed by atoms with Crippen LogP contribution < -0.4 is 10.1 Å². The number of nitrogens with zero attached hydrogens (tertiary/aromatic N) is 3. The molecular weight excluding hydrogens is 452 g/mol. The van der Waals surface area contributed by atoms with Gasteiger partial charge in [-0.05, 0) is 55.9 Å². The van der Waals surface area contributed by atoms with Gasteiger partial charge in [0.25, 0.3) is 11.8 Å². The van der Waals surface area contributed by atoms with Crippen LogP contribution in [0, 0.1) is 0 Å². The topological polar surface area (TPSA) is 122 Å². The molecule has 1 N–H and O–H groups in total. The molecule has 4 heterocycles. The lowest BCUT2D eigenvalue weighted by molar-refractivity contribution is -0.136. The highest BCUT2D eigenvalue weighted by molar-refractivity contribution is 6.05. The highest BCUT2D eigenvalue weighted by Gasteiger charge is 2.39. The third kappa shape index (κ3) is 4.40. The average Bonchev–Trinajstić information content (AvgIpc) is 3.47. The zero-order chi connectivity index (χ0) is 24.5. The molecule has 2 saturated heterocycles. The van der Waals surface area contributed by atoms with E-state index in [9.17, 15) is 19.2 Å². The van der Waals surface area contributed by atoms with E-state index in [1.807, 2.05) is 17.9 Å². The Balaban J connectivity index is 1.26. The van der Waals surface area contributed by atoms with Gasteiger partial charge in [-0.1, -0.05) is 6.92 Å². The van der Waals surface area contributed by atoms with Crippen molar-refractivity contribution in [2.45, 2.75) is 64.1 Å². The molecule has 10 heteroatoms. The molecule has 184 valence electrons. The number of carbonyl (C=O) groups excluding carboxylic acids is 4. The van der Waals surface area contributed by atoms with Gasteiger partial charge >= 0.3 is 0 Å². The smallest absolute Gasteiger partial charge is 0.291 e. The fourth-order valence-electron chi connectivity index (χ4n) is 5.10. The highest BCUT2D eigenvalue weighted by Crippen LogP contribution is 2.31. The Kier molecular flexibility index (Phi) is 6.27. The highest BCUT2D eigenvalue weighted by atomic mass is 16.5. The van der Waals surface area contributed by atoms with Crippen molar-refractivity contribution in [1.82, 2.24) is 20.1 Å². The SMILES string of the molecule is CCc1ncoc1C(=O)N1CCCC[C@@H]1COc1ccc2c(c1)CN(C1CCC(=O)NC1=O)C2=O. The van der Waals surface area contributed by atoms with Gasteiger partial charge in [-0.2, -0.15) is 0 Å². The van der Waals surface area contributed by atoms with Crippen LogP contribution in [0.2, 0.25) is 0 Å². The zero-order valence-electron chi connectivity index (χ0n) is 19.6. The lowest BCUT2D eigenvalue weighted by Crippen LogP contribution is -2.52. The predicted octanol–water partition coefficient (Wildman–Crippen LogP) is 2.07. The summed E-state index contributed by atoms with van der Waals surface area (Å²) in [5.74, 6) is -0.219. The van der Waals surface area contributed by atoms with Gasteiger partial charge in [-0.3, -0.25) is 24.5 Å². The first-order valence-electron chi connectivity index (χ1n) is 12.1. The molecule has 3 aliphatic heterocycles.